The second kappa shape index (κ2) is 6.38. The molecule has 3 heterocycles. The van der Waals surface area contributed by atoms with Gasteiger partial charge in [0.05, 0.1) is 6.33 Å². The average Bonchev–Trinajstić information content (AvgIpc) is 3.35. The molecule has 0 N–H and O–H groups in total. The highest BCUT2D eigenvalue weighted by Crippen LogP contribution is 2.35. The van der Waals surface area contributed by atoms with Crippen molar-refractivity contribution in [2.45, 2.75) is 42.8 Å². The lowest BCUT2D eigenvalue weighted by atomic mass is 10.0. The molecular weight excluding hydrogens is 340 g/mol. The molecule has 0 unspecified atom stereocenters. The highest BCUT2D eigenvalue weighted by molar-refractivity contribution is 7.89. The van der Waals surface area contributed by atoms with E-state index in [1.165, 1.54) is 19.2 Å². The first-order chi connectivity index (χ1) is 12.1. The SMILES string of the molecule is Cn1cnc(S(=O)(=O)N2CCC(N(c3ccncn3)C3CC3)CC2)c1. The number of hydrogen-bond donors (Lipinski definition) is 0. The van der Waals surface area contributed by atoms with Gasteiger partial charge in [-0.05, 0) is 31.7 Å². The first kappa shape index (κ1) is 16.5. The van der Waals surface area contributed by atoms with Gasteiger partial charge in [-0.2, -0.15) is 4.31 Å². The normalized spacial score (nSPS) is 19.9. The molecule has 0 bridgehead atoms. The van der Waals surface area contributed by atoms with Crippen LogP contribution in [0.1, 0.15) is 25.7 Å². The minimum absolute atomic E-state index is 0.128. The van der Waals surface area contributed by atoms with Gasteiger partial charge in [-0.3, -0.25) is 0 Å². The van der Waals surface area contributed by atoms with E-state index in [2.05, 4.69) is 19.9 Å². The zero-order valence-corrected chi connectivity index (χ0v) is 15.0. The Kier molecular flexibility index (Phi) is 4.20. The summed E-state index contributed by atoms with van der Waals surface area (Å²) >= 11 is 0. The van der Waals surface area contributed by atoms with Crippen molar-refractivity contribution in [3.8, 4) is 0 Å². The van der Waals surface area contributed by atoms with E-state index in [0.717, 1.165) is 18.7 Å². The van der Waals surface area contributed by atoms with Crippen LogP contribution in [0.3, 0.4) is 0 Å². The smallest absolute Gasteiger partial charge is 0.262 e. The molecule has 0 amide bonds. The number of hydrogen-bond acceptors (Lipinski definition) is 6. The molecule has 2 aliphatic rings. The maximum atomic E-state index is 12.7. The Bertz CT molecular complexity index is 825. The Hall–Kier alpha value is -2.00. The van der Waals surface area contributed by atoms with Crippen molar-refractivity contribution in [3.05, 3.63) is 31.1 Å². The molecule has 0 spiro atoms. The predicted molar refractivity (Wildman–Crippen MR) is 92.5 cm³/mol. The molecule has 1 aliphatic heterocycles. The zero-order chi connectivity index (χ0) is 17.4. The summed E-state index contributed by atoms with van der Waals surface area (Å²) in [6.07, 6.45) is 10.4. The van der Waals surface area contributed by atoms with E-state index < -0.39 is 10.0 Å². The van der Waals surface area contributed by atoms with Crippen LogP contribution in [-0.2, 0) is 17.1 Å². The molecule has 1 saturated heterocycles. The van der Waals surface area contributed by atoms with Crippen LogP contribution in [0, 0.1) is 0 Å². The first-order valence-corrected chi connectivity index (χ1v) is 10.0. The molecule has 0 radical (unpaired) electrons. The van der Waals surface area contributed by atoms with E-state index in [9.17, 15) is 8.42 Å². The predicted octanol–water partition coefficient (Wildman–Crippen LogP) is 1.03. The van der Waals surface area contributed by atoms with Gasteiger partial charge in [0.2, 0.25) is 0 Å². The molecule has 4 rings (SSSR count). The van der Waals surface area contributed by atoms with Crippen molar-refractivity contribution in [1.82, 2.24) is 23.8 Å². The van der Waals surface area contributed by atoms with E-state index in [1.807, 2.05) is 6.07 Å². The van der Waals surface area contributed by atoms with Crippen molar-refractivity contribution in [3.63, 3.8) is 0 Å². The van der Waals surface area contributed by atoms with Crippen LogP contribution in [-0.4, -0.2) is 57.4 Å². The average molecular weight is 362 g/mol. The van der Waals surface area contributed by atoms with Gasteiger partial charge < -0.3 is 9.47 Å². The van der Waals surface area contributed by atoms with Crippen molar-refractivity contribution in [1.29, 1.82) is 0 Å². The number of piperidine rings is 1. The molecule has 1 aliphatic carbocycles. The third kappa shape index (κ3) is 3.25. The monoisotopic (exact) mass is 362 g/mol. The number of aromatic nitrogens is 4. The van der Waals surface area contributed by atoms with Crippen LogP contribution in [0.25, 0.3) is 0 Å². The Morgan fingerprint density at radius 1 is 1.12 bits per heavy atom. The number of aryl methyl sites for hydroxylation is 1. The first-order valence-electron chi connectivity index (χ1n) is 8.58. The number of anilines is 1. The highest BCUT2D eigenvalue weighted by atomic mass is 32.2. The van der Waals surface area contributed by atoms with Gasteiger partial charge in [0, 0.05) is 44.6 Å². The molecule has 0 aromatic carbocycles. The van der Waals surface area contributed by atoms with Gasteiger partial charge >= 0.3 is 0 Å². The molecule has 2 fully saturated rings. The van der Waals surface area contributed by atoms with Crippen molar-refractivity contribution in [2.75, 3.05) is 18.0 Å². The largest absolute Gasteiger partial charge is 0.350 e. The van der Waals surface area contributed by atoms with Crippen LogP contribution in [0.5, 0.6) is 0 Å². The molecule has 8 nitrogen and oxygen atoms in total. The molecule has 25 heavy (non-hydrogen) atoms. The zero-order valence-electron chi connectivity index (χ0n) is 14.2. The second-order valence-corrected chi connectivity index (χ2v) is 8.60. The number of imidazole rings is 1. The fraction of sp³-hybridized carbons (Fsp3) is 0.562. The van der Waals surface area contributed by atoms with E-state index in [-0.39, 0.29) is 5.03 Å². The number of nitrogens with zero attached hydrogens (tertiary/aromatic N) is 6. The summed E-state index contributed by atoms with van der Waals surface area (Å²) in [6, 6.07) is 2.78. The summed E-state index contributed by atoms with van der Waals surface area (Å²) in [6.45, 7) is 1.02. The molecule has 134 valence electrons. The summed E-state index contributed by atoms with van der Waals surface area (Å²) < 4.78 is 28.6. The van der Waals surface area contributed by atoms with Crippen molar-refractivity contribution < 1.29 is 8.42 Å². The molecular formula is C16H22N6O2S. The molecule has 0 atom stereocenters. The van der Waals surface area contributed by atoms with Gasteiger partial charge in [-0.25, -0.2) is 23.4 Å². The second-order valence-electron chi connectivity index (χ2n) is 6.72. The van der Waals surface area contributed by atoms with Crippen LogP contribution in [0.2, 0.25) is 0 Å². The minimum atomic E-state index is -3.50. The topological polar surface area (TPSA) is 84.2 Å². The third-order valence-electron chi connectivity index (χ3n) is 4.87. The lowest BCUT2D eigenvalue weighted by Crippen LogP contribution is -2.48. The van der Waals surface area contributed by atoms with E-state index >= 15 is 0 Å². The maximum Gasteiger partial charge on any atom is 0.262 e. The minimum Gasteiger partial charge on any atom is -0.350 e. The van der Waals surface area contributed by atoms with Crippen molar-refractivity contribution >= 4 is 15.8 Å². The van der Waals surface area contributed by atoms with Crippen LogP contribution >= 0.6 is 0 Å². The van der Waals surface area contributed by atoms with E-state index in [4.69, 9.17) is 0 Å². The maximum absolute atomic E-state index is 12.7. The number of sulfonamides is 1. The summed E-state index contributed by atoms with van der Waals surface area (Å²) in [5.41, 5.74) is 0. The Labute approximate surface area is 147 Å². The fourth-order valence-corrected chi connectivity index (χ4v) is 4.91. The van der Waals surface area contributed by atoms with Gasteiger partial charge in [0.1, 0.15) is 12.1 Å². The van der Waals surface area contributed by atoms with Gasteiger partial charge in [-0.1, -0.05) is 0 Å². The lowest BCUT2D eigenvalue weighted by molar-refractivity contribution is 0.307. The standard InChI is InChI=1S/C16H22N6O2S/c1-20-10-16(19-12-20)25(23,24)21-8-5-14(6-9-21)22(13-2-3-13)15-4-7-17-11-18-15/h4,7,10-14H,2-3,5-6,8-9H2,1H3. The Balaban J connectivity index is 1.47. The molecule has 2 aromatic heterocycles. The van der Waals surface area contributed by atoms with Crippen LogP contribution in [0.15, 0.2) is 36.1 Å². The number of rotatable bonds is 5. The molecule has 9 heteroatoms. The Morgan fingerprint density at radius 2 is 1.84 bits per heavy atom. The van der Waals surface area contributed by atoms with E-state index in [0.29, 0.717) is 25.2 Å². The summed E-state index contributed by atoms with van der Waals surface area (Å²) in [5.74, 6) is 0.948. The molecule has 1 saturated carbocycles. The summed E-state index contributed by atoms with van der Waals surface area (Å²) in [5, 5.41) is 0.128. The molecule has 2 aromatic rings. The quantitative estimate of drug-likeness (QED) is 0.790. The van der Waals surface area contributed by atoms with Crippen LogP contribution in [0.4, 0.5) is 5.82 Å². The summed E-state index contributed by atoms with van der Waals surface area (Å²) in [4.78, 5) is 14.8. The third-order valence-corrected chi connectivity index (χ3v) is 6.66. The van der Waals surface area contributed by atoms with Crippen LogP contribution < -0.4 is 4.90 Å². The van der Waals surface area contributed by atoms with Crippen molar-refractivity contribution in [2.24, 2.45) is 7.05 Å². The van der Waals surface area contributed by atoms with Gasteiger partial charge in [0.15, 0.2) is 5.03 Å². The Morgan fingerprint density at radius 3 is 2.40 bits per heavy atom. The summed E-state index contributed by atoms with van der Waals surface area (Å²) in [7, 11) is -1.73. The highest BCUT2D eigenvalue weighted by Gasteiger charge is 2.38. The van der Waals surface area contributed by atoms with Gasteiger partial charge in [0.25, 0.3) is 10.0 Å². The fourth-order valence-electron chi connectivity index (χ4n) is 3.48. The van der Waals surface area contributed by atoms with Gasteiger partial charge in [-0.15, -0.1) is 0 Å². The lowest BCUT2D eigenvalue weighted by Gasteiger charge is -2.38. The van der Waals surface area contributed by atoms with E-state index in [1.54, 1.807) is 34.6 Å².